The minimum Gasteiger partial charge on any atom is -0.340 e. The smallest absolute Gasteiger partial charge is 0.257 e. The number of nitrogens with zero attached hydrogens (tertiary/aromatic N) is 3. The van der Waals surface area contributed by atoms with Crippen LogP contribution in [-0.2, 0) is 11.8 Å². The summed E-state index contributed by atoms with van der Waals surface area (Å²) in [6.07, 6.45) is 1.56. The van der Waals surface area contributed by atoms with Crippen molar-refractivity contribution in [3.05, 3.63) is 66.0 Å². The molecule has 0 saturated heterocycles. The third-order valence-corrected chi connectivity index (χ3v) is 4.53. The maximum atomic E-state index is 13.9. The fraction of sp³-hybridized carbons (Fsp3) is 0.238. The molecule has 3 aromatic rings. The summed E-state index contributed by atoms with van der Waals surface area (Å²) in [7, 11) is 1.80. The zero-order valence-electron chi connectivity index (χ0n) is 16.7. The normalized spacial score (nSPS) is 11.9. The molecule has 2 N–H and O–H groups in total. The Hall–Kier alpha value is -3.62. The number of carbonyl (C=O) groups excluding carboxylic acids is 2. The lowest BCUT2D eigenvalue weighted by Crippen LogP contribution is -2.47. The molecule has 7 nitrogen and oxygen atoms in total. The molecule has 0 aliphatic rings. The first-order valence-corrected chi connectivity index (χ1v) is 9.28. The summed E-state index contributed by atoms with van der Waals surface area (Å²) in [4.78, 5) is 25.2. The van der Waals surface area contributed by atoms with Crippen LogP contribution in [0.3, 0.4) is 0 Å². The van der Waals surface area contributed by atoms with Crippen LogP contribution in [0.1, 0.15) is 24.2 Å². The van der Waals surface area contributed by atoms with E-state index in [1.165, 1.54) is 0 Å². The molecule has 1 aromatic heterocycles. The number of aromatic nitrogens is 3. The Bertz CT molecular complexity index is 1060. The second kappa shape index (κ2) is 8.81. The van der Waals surface area contributed by atoms with Crippen molar-refractivity contribution < 1.29 is 18.4 Å². The Labute approximate surface area is 172 Å². The van der Waals surface area contributed by atoms with E-state index in [0.29, 0.717) is 11.5 Å². The van der Waals surface area contributed by atoms with Gasteiger partial charge in [0, 0.05) is 18.3 Å². The summed E-state index contributed by atoms with van der Waals surface area (Å²) in [5.41, 5.74) is 0.504. The Kier molecular flexibility index (Phi) is 6.20. The van der Waals surface area contributed by atoms with Crippen LogP contribution in [0.4, 0.5) is 14.5 Å². The lowest BCUT2D eigenvalue weighted by Gasteiger charge is -2.22. The number of amides is 2. The maximum absolute atomic E-state index is 13.9. The van der Waals surface area contributed by atoms with E-state index in [4.69, 9.17) is 0 Å². The zero-order chi connectivity index (χ0) is 21.8. The van der Waals surface area contributed by atoms with E-state index in [1.807, 2.05) is 6.07 Å². The first kappa shape index (κ1) is 21.1. The molecule has 9 heteroatoms. The van der Waals surface area contributed by atoms with Crippen molar-refractivity contribution in [3.63, 3.8) is 0 Å². The van der Waals surface area contributed by atoms with Crippen LogP contribution < -0.4 is 10.6 Å². The number of nitrogens with one attached hydrogen (secondary N) is 2. The number of benzene rings is 2. The summed E-state index contributed by atoms with van der Waals surface area (Å²) in [5, 5.41) is 13.0. The van der Waals surface area contributed by atoms with Gasteiger partial charge in [-0.15, -0.1) is 10.2 Å². The number of carbonyl (C=O) groups is 2. The first-order valence-electron chi connectivity index (χ1n) is 9.28. The zero-order valence-corrected chi connectivity index (χ0v) is 16.7. The number of hydrogen-bond acceptors (Lipinski definition) is 4. The highest BCUT2D eigenvalue weighted by Crippen LogP contribution is 2.21. The molecule has 0 spiro atoms. The average Bonchev–Trinajstić information content (AvgIpc) is 3.11. The molecule has 0 bridgehead atoms. The van der Waals surface area contributed by atoms with E-state index in [-0.39, 0.29) is 5.92 Å². The van der Waals surface area contributed by atoms with Gasteiger partial charge in [-0.3, -0.25) is 9.59 Å². The van der Waals surface area contributed by atoms with E-state index >= 15 is 0 Å². The molecule has 2 aromatic carbocycles. The van der Waals surface area contributed by atoms with Gasteiger partial charge in [-0.05, 0) is 30.2 Å². The third-order valence-electron chi connectivity index (χ3n) is 4.53. The highest BCUT2D eigenvalue weighted by Gasteiger charge is 2.27. The van der Waals surface area contributed by atoms with Gasteiger partial charge in [0.05, 0.1) is 0 Å². The van der Waals surface area contributed by atoms with Crippen molar-refractivity contribution in [2.75, 3.05) is 5.32 Å². The van der Waals surface area contributed by atoms with Crippen molar-refractivity contribution in [2.45, 2.75) is 19.9 Å². The van der Waals surface area contributed by atoms with Crippen molar-refractivity contribution >= 4 is 17.5 Å². The molecule has 0 saturated carbocycles. The lowest BCUT2D eigenvalue weighted by molar-refractivity contribution is -0.118. The maximum Gasteiger partial charge on any atom is 0.257 e. The van der Waals surface area contributed by atoms with Crippen molar-refractivity contribution in [3.8, 4) is 11.4 Å². The average molecular weight is 413 g/mol. The van der Waals surface area contributed by atoms with Gasteiger partial charge in [-0.25, -0.2) is 8.78 Å². The highest BCUT2D eigenvalue weighted by atomic mass is 19.1. The molecule has 30 heavy (non-hydrogen) atoms. The van der Waals surface area contributed by atoms with Crippen LogP contribution in [0.2, 0.25) is 0 Å². The predicted octanol–water partition coefficient (Wildman–Crippen LogP) is 3.15. The van der Waals surface area contributed by atoms with Crippen LogP contribution in [0, 0.1) is 17.6 Å². The van der Waals surface area contributed by atoms with Crippen molar-refractivity contribution in [1.82, 2.24) is 20.1 Å². The van der Waals surface area contributed by atoms with Gasteiger partial charge in [0.1, 0.15) is 29.6 Å². The van der Waals surface area contributed by atoms with Gasteiger partial charge in [-0.1, -0.05) is 32.0 Å². The number of hydrogen-bond donors (Lipinski definition) is 2. The standard InChI is InChI=1S/C21H21F2N5O2/c1-12(2)18(26-20(29)17-15(22)8-5-9-16(17)23)21(30)25-14-7-4-6-13(10-14)19-27-24-11-28(19)3/h4-12,18H,1-3H3,(H,25,30)(H,26,29)/t18-/m0/s1. The molecular formula is C21H21F2N5O2. The number of halogens is 2. The van der Waals surface area contributed by atoms with Crippen LogP contribution in [0.5, 0.6) is 0 Å². The summed E-state index contributed by atoms with van der Waals surface area (Å²) in [6, 6.07) is 9.11. The molecule has 1 heterocycles. The molecule has 2 amide bonds. The Balaban J connectivity index is 1.78. The third kappa shape index (κ3) is 4.51. The van der Waals surface area contributed by atoms with Gasteiger partial charge >= 0.3 is 0 Å². The van der Waals surface area contributed by atoms with E-state index in [2.05, 4.69) is 20.8 Å². The molecule has 0 aliphatic carbocycles. The summed E-state index contributed by atoms with van der Waals surface area (Å²) in [6.45, 7) is 3.44. The highest BCUT2D eigenvalue weighted by molar-refractivity contribution is 6.01. The lowest BCUT2D eigenvalue weighted by atomic mass is 10.0. The SMILES string of the molecule is CC(C)[C@H](NC(=O)c1c(F)cccc1F)C(=O)Nc1cccc(-c2nncn2C)c1. The van der Waals surface area contributed by atoms with Gasteiger partial charge in [0.2, 0.25) is 5.91 Å². The fourth-order valence-electron chi connectivity index (χ4n) is 2.96. The van der Waals surface area contributed by atoms with E-state index in [9.17, 15) is 18.4 Å². The second-order valence-corrected chi connectivity index (χ2v) is 7.13. The Morgan fingerprint density at radius 3 is 2.33 bits per heavy atom. The van der Waals surface area contributed by atoms with Crippen LogP contribution in [0.25, 0.3) is 11.4 Å². The summed E-state index contributed by atoms with van der Waals surface area (Å²) >= 11 is 0. The summed E-state index contributed by atoms with van der Waals surface area (Å²) in [5.74, 6) is -3.20. The van der Waals surface area contributed by atoms with E-state index < -0.39 is 35.1 Å². The molecule has 0 radical (unpaired) electrons. The summed E-state index contributed by atoms with van der Waals surface area (Å²) < 4.78 is 29.5. The molecule has 0 unspecified atom stereocenters. The Morgan fingerprint density at radius 1 is 1.07 bits per heavy atom. The van der Waals surface area contributed by atoms with Gasteiger partial charge in [-0.2, -0.15) is 0 Å². The molecule has 3 rings (SSSR count). The number of aryl methyl sites for hydroxylation is 1. The topological polar surface area (TPSA) is 88.9 Å². The Morgan fingerprint density at radius 2 is 1.73 bits per heavy atom. The molecule has 156 valence electrons. The van der Waals surface area contributed by atoms with Gasteiger partial charge < -0.3 is 15.2 Å². The molecule has 1 atom stereocenters. The van der Waals surface area contributed by atoms with Crippen molar-refractivity contribution in [1.29, 1.82) is 0 Å². The number of anilines is 1. The van der Waals surface area contributed by atoms with Crippen LogP contribution in [-0.4, -0.2) is 32.6 Å². The van der Waals surface area contributed by atoms with Crippen LogP contribution >= 0.6 is 0 Å². The largest absolute Gasteiger partial charge is 0.340 e. The minimum absolute atomic E-state index is 0.328. The number of rotatable bonds is 6. The van der Waals surface area contributed by atoms with E-state index in [1.54, 1.807) is 50.0 Å². The first-order chi connectivity index (χ1) is 14.3. The predicted molar refractivity (Wildman–Crippen MR) is 108 cm³/mol. The van der Waals surface area contributed by atoms with E-state index in [0.717, 1.165) is 23.8 Å². The molecular weight excluding hydrogens is 392 g/mol. The fourth-order valence-corrected chi connectivity index (χ4v) is 2.96. The molecule has 0 fully saturated rings. The van der Waals surface area contributed by atoms with Crippen LogP contribution in [0.15, 0.2) is 48.8 Å². The van der Waals surface area contributed by atoms with Crippen molar-refractivity contribution in [2.24, 2.45) is 13.0 Å². The monoisotopic (exact) mass is 413 g/mol. The van der Waals surface area contributed by atoms with Gasteiger partial charge in [0.25, 0.3) is 5.91 Å². The minimum atomic E-state index is -1.00. The van der Waals surface area contributed by atoms with Gasteiger partial charge in [0.15, 0.2) is 5.82 Å². The quantitative estimate of drug-likeness (QED) is 0.650. The second-order valence-electron chi connectivity index (χ2n) is 7.13. The molecule has 0 aliphatic heterocycles.